The third-order valence-corrected chi connectivity index (χ3v) is 6.69. The number of rotatable bonds is 3. The molecule has 9 heteroatoms. The van der Waals surface area contributed by atoms with E-state index in [2.05, 4.69) is 15.6 Å². The number of carbonyl (C=O) groups is 1. The zero-order chi connectivity index (χ0) is 22.3. The van der Waals surface area contributed by atoms with Gasteiger partial charge in [0.25, 0.3) is 0 Å². The molecule has 1 aromatic heterocycles. The normalized spacial score (nSPS) is 23.8. The van der Waals surface area contributed by atoms with Crippen molar-refractivity contribution in [2.45, 2.75) is 56.0 Å². The van der Waals surface area contributed by atoms with E-state index in [9.17, 15) is 18.0 Å². The molecule has 2 amide bonds. The lowest BCUT2D eigenvalue weighted by Gasteiger charge is -2.48. The SMILES string of the molecule is O=C(N[C@@H]1CCN(c2ccc(C(F)(F)F)cn2)C1)N[C@H]1CC2(CCC2)Oc2ccccc21. The molecule has 3 aliphatic rings. The van der Waals surface area contributed by atoms with Gasteiger partial charge in [0.2, 0.25) is 0 Å². The molecule has 6 nitrogen and oxygen atoms in total. The molecule has 170 valence electrons. The van der Waals surface area contributed by atoms with Crippen LogP contribution in [0.3, 0.4) is 0 Å². The van der Waals surface area contributed by atoms with Crippen molar-refractivity contribution in [2.75, 3.05) is 18.0 Å². The number of fused-ring (bicyclic) bond motifs is 1. The number of hydrogen-bond acceptors (Lipinski definition) is 4. The standard InChI is InChI=1S/C23H25F3N4O2/c24-23(25,26)15-6-7-20(27-13-15)30-11-8-16(14-30)28-21(31)29-18-12-22(9-3-10-22)32-19-5-2-1-4-17(18)19/h1-2,4-7,13,16,18H,3,8-12,14H2,(H2,28,29,31)/t16-,18+/m1/s1. The average molecular weight is 446 g/mol. The number of amides is 2. The summed E-state index contributed by atoms with van der Waals surface area (Å²) in [7, 11) is 0. The lowest BCUT2D eigenvalue weighted by atomic mass is 9.73. The first-order valence-corrected chi connectivity index (χ1v) is 10.9. The smallest absolute Gasteiger partial charge is 0.417 e. The topological polar surface area (TPSA) is 66.5 Å². The number of ether oxygens (including phenoxy) is 1. The molecular weight excluding hydrogens is 421 g/mol. The summed E-state index contributed by atoms with van der Waals surface area (Å²) in [6, 6.07) is 9.77. The highest BCUT2D eigenvalue weighted by molar-refractivity contribution is 5.75. The van der Waals surface area contributed by atoms with Crippen LogP contribution < -0.4 is 20.3 Å². The molecule has 2 fully saturated rings. The monoisotopic (exact) mass is 446 g/mol. The van der Waals surface area contributed by atoms with E-state index in [-0.39, 0.29) is 23.7 Å². The summed E-state index contributed by atoms with van der Waals surface area (Å²) in [5, 5.41) is 6.13. The minimum atomic E-state index is -4.40. The maximum atomic E-state index is 12.8. The van der Waals surface area contributed by atoms with Crippen molar-refractivity contribution >= 4 is 11.8 Å². The van der Waals surface area contributed by atoms with Gasteiger partial charge in [0.05, 0.1) is 11.6 Å². The molecule has 1 aliphatic carbocycles. The van der Waals surface area contributed by atoms with Crippen LogP contribution >= 0.6 is 0 Å². The Morgan fingerprint density at radius 3 is 2.66 bits per heavy atom. The molecule has 1 saturated heterocycles. The predicted molar refractivity (Wildman–Crippen MR) is 113 cm³/mol. The number of urea groups is 1. The zero-order valence-electron chi connectivity index (χ0n) is 17.5. The average Bonchev–Trinajstić information content (AvgIpc) is 3.20. The highest BCUT2D eigenvalue weighted by Crippen LogP contribution is 2.48. The van der Waals surface area contributed by atoms with Crippen molar-refractivity contribution in [3.63, 3.8) is 0 Å². The van der Waals surface area contributed by atoms with Gasteiger partial charge in [-0.3, -0.25) is 0 Å². The Morgan fingerprint density at radius 1 is 1.16 bits per heavy atom. The van der Waals surface area contributed by atoms with E-state index in [0.717, 1.165) is 49.3 Å². The summed E-state index contributed by atoms with van der Waals surface area (Å²) < 4.78 is 44.5. The summed E-state index contributed by atoms with van der Waals surface area (Å²) >= 11 is 0. The molecule has 2 aromatic rings. The Balaban J connectivity index is 1.19. The Kier molecular flexibility index (Phi) is 5.14. The number of anilines is 1. The Hall–Kier alpha value is -2.97. The van der Waals surface area contributed by atoms with Crippen molar-refractivity contribution in [3.05, 3.63) is 53.7 Å². The summed E-state index contributed by atoms with van der Waals surface area (Å²) in [5.41, 5.74) is 0.0442. The number of nitrogens with zero attached hydrogens (tertiary/aromatic N) is 2. The van der Waals surface area contributed by atoms with Crippen LogP contribution in [0.5, 0.6) is 5.75 Å². The molecular formula is C23H25F3N4O2. The van der Waals surface area contributed by atoms with Gasteiger partial charge < -0.3 is 20.3 Å². The molecule has 2 atom stereocenters. The number of alkyl halides is 3. The third kappa shape index (κ3) is 4.08. The van der Waals surface area contributed by atoms with Gasteiger partial charge in [0.1, 0.15) is 17.2 Å². The van der Waals surface area contributed by atoms with E-state index in [1.165, 1.54) is 6.07 Å². The molecule has 2 aliphatic heterocycles. The fraction of sp³-hybridized carbons (Fsp3) is 0.478. The first kappa shape index (κ1) is 20.9. The van der Waals surface area contributed by atoms with Gasteiger partial charge in [-0.1, -0.05) is 18.2 Å². The predicted octanol–water partition coefficient (Wildman–Crippen LogP) is 4.42. The second kappa shape index (κ2) is 7.86. The van der Waals surface area contributed by atoms with E-state index >= 15 is 0 Å². The summed E-state index contributed by atoms with van der Waals surface area (Å²) in [5.74, 6) is 1.32. The number of aromatic nitrogens is 1. The third-order valence-electron chi connectivity index (χ3n) is 6.69. The second-order valence-electron chi connectivity index (χ2n) is 8.89. The molecule has 32 heavy (non-hydrogen) atoms. The molecule has 0 unspecified atom stereocenters. The van der Waals surface area contributed by atoms with E-state index in [0.29, 0.717) is 25.3 Å². The van der Waals surface area contributed by atoms with E-state index < -0.39 is 11.7 Å². The van der Waals surface area contributed by atoms with Gasteiger partial charge >= 0.3 is 12.2 Å². The highest BCUT2D eigenvalue weighted by Gasteiger charge is 2.46. The lowest BCUT2D eigenvalue weighted by Crippen LogP contribution is -2.52. The van der Waals surface area contributed by atoms with Crippen LogP contribution in [0.1, 0.15) is 49.3 Å². The fourth-order valence-electron chi connectivity index (χ4n) is 4.84. The molecule has 1 saturated carbocycles. The number of nitrogens with one attached hydrogen (secondary N) is 2. The minimum Gasteiger partial charge on any atom is -0.487 e. The quantitative estimate of drug-likeness (QED) is 0.732. The molecule has 1 aromatic carbocycles. The number of pyridine rings is 1. The van der Waals surface area contributed by atoms with Crippen molar-refractivity contribution < 1.29 is 22.7 Å². The molecule has 0 bridgehead atoms. The largest absolute Gasteiger partial charge is 0.487 e. The summed E-state index contributed by atoms with van der Waals surface area (Å²) in [4.78, 5) is 18.6. The van der Waals surface area contributed by atoms with Crippen LogP contribution in [0.4, 0.5) is 23.8 Å². The molecule has 3 heterocycles. The van der Waals surface area contributed by atoms with Gasteiger partial charge in [-0.15, -0.1) is 0 Å². The number of carbonyl (C=O) groups excluding carboxylic acids is 1. The van der Waals surface area contributed by atoms with Crippen molar-refractivity contribution in [3.8, 4) is 5.75 Å². The van der Waals surface area contributed by atoms with E-state index in [4.69, 9.17) is 4.74 Å². The number of benzene rings is 1. The van der Waals surface area contributed by atoms with Crippen LogP contribution in [0.2, 0.25) is 0 Å². The van der Waals surface area contributed by atoms with Crippen molar-refractivity contribution in [1.29, 1.82) is 0 Å². The Labute approximate surface area is 184 Å². The fourth-order valence-corrected chi connectivity index (χ4v) is 4.84. The molecule has 2 N–H and O–H groups in total. The van der Waals surface area contributed by atoms with Gasteiger partial charge in [0.15, 0.2) is 0 Å². The molecule has 1 spiro atoms. The second-order valence-corrected chi connectivity index (χ2v) is 8.89. The van der Waals surface area contributed by atoms with Gasteiger partial charge in [-0.05, 0) is 43.9 Å². The highest BCUT2D eigenvalue weighted by atomic mass is 19.4. The number of hydrogen-bond donors (Lipinski definition) is 2. The minimum absolute atomic E-state index is 0.105. The number of halogens is 3. The first-order chi connectivity index (χ1) is 15.3. The van der Waals surface area contributed by atoms with Crippen LogP contribution in [-0.2, 0) is 6.18 Å². The van der Waals surface area contributed by atoms with Crippen LogP contribution in [0.25, 0.3) is 0 Å². The van der Waals surface area contributed by atoms with Gasteiger partial charge in [0, 0.05) is 37.3 Å². The Morgan fingerprint density at radius 2 is 1.97 bits per heavy atom. The summed E-state index contributed by atoms with van der Waals surface area (Å²) in [6.07, 6.45) is 1.03. The van der Waals surface area contributed by atoms with Crippen LogP contribution in [-0.4, -0.2) is 35.7 Å². The van der Waals surface area contributed by atoms with E-state index in [1.54, 1.807) is 0 Å². The Bertz CT molecular complexity index is 991. The maximum Gasteiger partial charge on any atom is 0.417 e. The van der Waals surface area contributed by atoms with Crippen LogP contribution in [0.15, 0.2) is 42.6 Å². The maximum absolute atomic E-state index is 12.8. The zero-order valence-corrected chi connectivity index (χ0v) is 17.5. The van der Waals surface area contributed by atoms with Gasteiger partial charge in [-0.25, -0.2) is 9.78 Å². The first-order valence-electron chi connectivity index (χ1n) is 10.9. The van der Waals surface area contributed by atoms with Crippen molar-refractivity contribution in [1.82, 2.24) is 15.6 Å². The number of para-hydroxylation sites is 1. The van der Waals surface area contributed by atoms with E-state index in [1.807, 2.05) is 29.2 Å². The van der Waals surface area contributed by atoms with Crippen LogP contribution in [0, 0.1) is 0 Å². The summed E-state index contributed by atoms with van der Waals surface area (Å²) in [6.45, 7) is 1.12. The van der Waals surface area contributed by atoms with Gasteiger partial charge in [-0.2, -0.15) is 13.2 Å². The molecule has 0 radical (unpaired) electrons. The molecule has 5 rings (SSSR count). The van der Waals surface area contributed by atoms with Crippen molar-refractivity contribution in [2.24, 2.45) is 0 Å². The lowest BCUT2D eigenvalue weighted by molar-refractivity contribution is -0.137.